The van der Waals surface area contributed by atoms with Crippen LogP contribution in [0.2, 0.25) is 5.02 Å². The predicted molar refractivity (Wildman–Crippen MR) is 76.4 cm³/mol. The highest BCUT2D eigenvalue weighted by atomic mass is 35.5. The number of ether oxygens (including phenoxy) is 1. The molecule has 2 heterocycles. The van der Waals surface area contributed by atoms with Gasteiger partial charge in [-0.1, -0.05) is 11.6 Å². The van der Waals surface area contributed by atoms with Crippen molar-refractivity contribution in [2.24, 2.45) is 0 Å². The van der Waals surface area contributed by atoms with Gasteiger partial charge in [0.1, 0.15) is 5.82 Å². The summed E-state index contributed by atoms with van der Waals surface area (Å²) in [7, 11) is 0. The summed E-state index contributed by atoms with van der Waals surface area (Å²) in [4.78, 5) is 10.3. The first kappa shape index (κ1) is 12.9. The molecule has 0 aliphatic carbocycles. The predicted octanol–water partition coefficient (Wildman–Crippen LogP) is 2.83. The van der Waals surface area contributed by atoms with E-state index >= 15 is 0 Å². The lowest BCUT2D eigenvalue weighted by molar-refractivity contribution is -0.0710. The van der Waals surface area contributed by atoms with E-state index in [1.807, 2.05) is 18.2 Å². The number of fused-ring (bicyclic) bond motifs is 1. The zero-order valence-corrected chi connectivity index (χ0v) is 11.9. The Bertz CT molecular complexity index is 573. The number of rotatable bonds is 2. The molecule has 2 aromatic rings. The average Bonchev–Trinajstić information content (AvgIpc) is 2.68. The summed E-state index contributed by atoms with van der Waals surface area (Å²) in [5.74, 6) is 0.985. The van der Waals surface area contributed by atoms with E-state index in [4.69, 9.17) is 16.3 Å². The van der Waals surface area contributed by atoms with Gasteiger partial charge in [-0.25, -0.2) is 4.98 Å². The Morgan fingerprint density at radius 1 is 1.37 bits per heavy atom. The topological polar surface area (TPSA) is 41.2 Å². The number of morpholine rings is 1. The summed E-state index contributed by atoms with van der Waals surface area (Å²) < 4.78 is 5.74. The SMILES string of the molecule is CC1CN(Cc2nc3ccc(Cl)cc3[nH]2)CC(C)O1. The van der Waals surface area contributed by atoms with Crippen LogP contribution in [0.15, 0.2) is 18.2 Å². The van der Waals surface area contributed by atoms with Gasteiger partial charge < -0.3 is 9.72 Å². The van der Waals surface area contributed by atoms with Crippen LogP contribution < -0.4 is 0 Å². The number of imidazole rings is 1. The van der Waals surface area contributed by atoms with Gasteiger partial charge in [-0.05, 0) is 32.0 Å². The minimum absolute atomic E-state index is 0.280. The summed E-state index contributed by atoms with van der Waals surface area (Å²) in [6.45, 7) is 6.94. The molecule has 1 aromatic heterocycles. The molecule has 102 valence electrons. The quantitative estimate of drug-likeness (QED) is 0.919. The lowest BCUT2D eigenvalue weighted by Gasteiger charge is -2.34. The number of nitrogens with one attached hydrogen (secondary N) is 1. The number of hydrogen-bond donors (Lipinski definition) is 1. The third kappa shape index (κ3) is 2.91. The molecule has 19 heavy (non-hydrogen) atoms. The van der Waals surface area contributed by atoms with E-state index in [2.05, 4.69) is 28.7 Å². The largest absolute Gasteiger partial charge is 0.373 e. The molecular weight excluding hydrogens is 262 g/mol. The monoisotopic (exact) mass is 279 g/mol. The average molecular weight is 280 g/mol. The summed E-state index contributed by atoms with van der Waals surface area (Å²) in [5.41, 5.74) is 1.96. The fraction of sp³-hybridized carbons (Fsp3) is 0.500. The van der Waals surface area contributed by atoms with E-state index in [1.165, 1.54) is 0 Å². The molecular formula is C14H18ClN3O. The molecule has 2 atom stereocenters. The van der Waals surface area contributed by atoms with Crippen LogP contribution >= 0.6 is 11.6 Å². The van der Waals surface area contributed by atoms with Crippen LogP contribution in [0.3, 0.4) is 0 Å². The van der Waals surface area contributed by atoms with E-state index in [0.29, 0.717) is 0 Å². The second kappa shape index (κ2) is 5.12. The van der Waals surface area contributed by atoms with E-state index in [-0.39, 0.29) is 12.2 Å². The lowest BCUT2D eigenvalue weighted by atomic mass is 10.2. The van der Waals surface area contributed by atoms with Gasteiger partial charge in [0.2, 0.25) is 0 Å². The number of aromatic amines is 1. The Hall–Kier alpha value is -1.10. The third-order valence-corrected chi connectivity index (χ3v) is 3.60. The molecule has 1 saturated heterocycles. The highest BCUT2D eigenvalue weighted by Crippen LogP contribution is 2.19. The minimum Gasteiger partial charge on any atom is -0.373 e. The van der Waals surface area contributed by atoms with Gasteiger partial charge in [-0.3, -0.25) is 4.90 Å². The van der Waals surface area contributed by atoms with E-state index in [9.17, 15) is 0 Å². The lowest BCUT2D eigenvalue weighted by Crippen LogP contribution is -2.44. The Balaban J connectivity index is 1.77. The minimum atomic E-state index is 0.280. The molecule has 0 saturated carbocycles. The van der Waals surface area contributed by atoms with Gasteiger partial charge in [0.25, 0.3) is 0 Å². The molecule has 0 amide bonds. The van der Waals surface area contributed by atoms with Gasteiger partial charge in [0, 0.05) is 18.1 Å². The number of halogens is 1. The molecule has 1 aliphatic rings. The molecule has 0 spiro atoms. The summed E-state index contributed by atoms with van der Waals surface area (Å²) in [6.07, 6.45) is 0.560. The number of H-pyrrole nitrogens is 1. The fourth-order valence-corrected chi connectivity index (χ4v) is 2.91. The van der Waals surface area contributed by atoms with Crippen LogP contribution in [0.5, 0.6) is 0 Å². The van der Waals surface area contributed by atoms with Crippen LogP contribution in [0, 0.1) is 0 Å². The van der Waals surface area contributed by atoms with Crippen molar-refractivity contribution in [2.45, 2.75) is 32.6 Å². The second-order valence-electron chi connectivity index (χ2n) is 5.30. The first-order valence-electron chi connectivity index (χ1n) is 6.62. The van der Waals surface area contributed by atoms with Crippen molar-refractivity contribution >= 4 is 22.6 Å². The first-order valence-corrected chi connectivity index (χ1v) is 7.00. The number of hydrogen-bond acceptors (Lipinski definition) is 3. The van der Waals surface area contributed by atoms with E-state index in [1.54, 1.807) is 0 Å². The van der Waals surface area contributed by atoms with Gasteiger partial charge in [0.15, 0.2) is 0 Å². The van der Waals surface area contributed by atoms with E-state index < -0.39 is 0 Å². The van der Waals surface area contributed by atoms with Crippen molar-refractivity contribution in [1.29, 1.82) is 0 Å². The Kier molecular flexibility index (Phi) is 3.48. The first-order chi connectivity index (χ1) is 9.10. The van der Waals surface area contributed by atoms with Crippen molar-refractivity contribution in [3.63, 3.8) is 0 Å². The van der Waals surface area contributed by atoms with Crippen LogP contribution in [-0.4, -0.2) is 40.2 Å². The van der Waals surface area contributed by atoms with Crippen LogP contribution in [0.4, 0.5) is 0 Å². The summed E-state index contributed by atoms with van der Waals surface area (Å²) >= 11 is 5.98. The molecule has 0 bridgehead atoms. The summed E-state index contributed by atoms with van der Waals surface area (Å²) in [5, 5.41) is 0.733. The van der Waals surface area contributed by atoms with Crippen LogP contribution in [0.1, 0.15) is 19.7 Å². The van der Waals surface area contributed by atoms with Gasteiger partial charge in [-0.15, -0.1) is 0 Å². The molecule has 4 nitrogen and oxygen atoms in total. The molecule has 3 rings (SSSR count). The van der Waals surface area contributed by atoms with Gasteiger partial charge >= 0.3 is 0 Å². The van der Waals surface area contributed by atoms with Crippen molar-refractivity contribution in [3.8, 4) is 0 Å². The van der Waals surface area contributed by atoms with Crippen molar-refractivity contribution in [1.82, 2.24) is 14.9 Å². The zero-order valence-electron chi connectivity index (χ0n) is 11.2. The maximum Gasteiger partial charge on any atom is 0.121 e. The second-order valence-corrected chi connectivity index (χ2v) is 5.73. The molecule has 0 radical (unpaired) electrons. The third-order valence-electron chi connectivity index (χ3n) is 3.36. The highest BCUT2D eigenvalue weighted by Gasteiger charge is 2.22. The summed E-state index contributed by atoms with van der Waals surface area (Å²) in [6, 6.07) is 5.73. The Labute approximate surface area is 117 Å². The van der Waals surface area contributed by atoms with Gasteiger partial charge in [-0.2, -0.15) is 0 Å². The highest BCUT2D eigenvalue weighted by molar-refractivity contribution is 6.31. The smallest absolute Gasteiger partial charge is 0.121 e. The standard InChI is InChI=1S/C14H18ClN3O/c1-9-6-18(7-10(2)19-9)8-14-16-12-4-3-11(15)5-13(12)17-14/h3-5,9-10H,6-8H2,1-2H3,(H,16,17). The molecule has 1 N–H and O–H groups in total. The molecule has 1 aliphatic heterocycles. The van der Waals surface area contributed by atoms with Crippen molar-refractivity contribution in [2.75, 3.05) is 13.1 Å². The Morgan fingerprint density at radius 3 is 2.84 bits per heavy atom. The van der Waals surface area contributed by atoms with E-state index in [0.717, 1.165) is 41.5 Å². The molecule has 1 aromatic carbocycles. The van der Waals surface area contributed by atoms with Crippen LogP contribution in [0.25, 0.3) is 11.0 Å². The van der Waals surface area contributed by atoms with Crippen molar-refractivity contribution < 1.29 is 4.74 Å². The van der Waals surface area contributed by atoms with Crippen molar-refractivity contribution in [3.05, 3.63) is 29.0 Å². The number of aromatic nitrogens is 2. The van der Waals surface area contributed by atoms with Crippen LogP contribution in [-0.2, 0) is 11.3 Å². The number of nitrogens with zero attached hydrogens (tertiary/aromatic N) is 2. The normalized spacial score (nSPS) is 25.0. The maximum atomic E-state index is 5.98. The fourth-order valence-electron chi connectivity index (χ4n) is 2.73. The zero-order chi connectivity index (χ0) is 13.4. The maximum absolute atomic E-state index is 5.98. The molecule has 5 heteroatoms. The molecule has 1 fully saturated rings. The number of benzene rings is 1. The molecule has 2 unspecified atom stereocenters. The Morgan fingerprint density at radius 2 is 2.11 bits per heavy atom. The van der Waals surface area contributed by atoms with Gasteiger partial charge in [0.05, 0.1) is 29.8 Å².